The molecule has 0 fully saturated rings. The van der Waals surface area contributed by atoms with Crippen LogP contribution in [-0.2, 0) is 16.0 Å². The second-order valence-corrected chi connectivity index (χ2v) is 3.39. The van der Waals surface area contributed by atoms with E-state index < -0.39 is 0 Å². The Labute approximate surface area is 99.0 Å². The number of rotatable bonds is 6. The van der Waals surface area contributed by atoms with Gasteiger partial charge in [-0.15, -0.1) is 5.10 Å². The van der Waals surface area contributed by atoms with Gasteiger partial charge in [0.1, 0.15) is 5.82 Å². The van der Waals surface area contributed by atoms with Gasteiger partial charge in [0, 0.05) is 19.4 Å². The van der Waals surface area contributed by atoms with Crippen LogP contribution in [0.5, 0.6) is 0 Å². The van der Waals surface area contributed by atoms with Gasteiger partial charge >= 0.3 is 5.97 Å². The summed E-state index contributed by atoms with van der Waals surface area (Å²) in [4.78, 5) is 26.3. The molecular weight excluding hydrogens is 224 g/mol. The van der Waals surface area contributed by atoms with Crippen molar-refractivity contribution >= 4 is 11.9 Å². The van der Waals surface area contributed by atoms with E-state index in [4.69, 9.17) is 0 Å². The van der Waals surface area contributed by atoms with Crippen LogP contribution in [0.15, 0.2) is 0 Å². The molecule has 1 aromatic rings. The van der Waals surface area contributed by atoms with Gasteiger partial charge in [0.05, 0.1) is 7.11 Å². The Morgan fingerprint density at radius 1 is 1.47 bits per heavy atom. The highest BCUT2D eigenvalue weighted by atomic mass is 16.5. The predicted octanol–water partition coefficient (Wildman–Crippen LogP) is 0.0501. The van der Waals surface area contributed by atoms with Crippen molar-refractivity contribution in [2.45, 2.75) is 26.2 Å². The molecule has 0 aliphatic carbocycles. The maximum Gasteiger partial charge on any atom is 0.305 e. The molecule has 1 rings (SSSR count). The van der Waals surface area contributed by atoms with Crippen LogP contribution in [0.2, 0.25) is 0 Å². The fourth-order valence-corrected chi connectivity index (χ4v) is 1.17. The van der Waals surface area contributed by atoms with Crippen molar-refractivity contribution in [2.24, 2.45) is 0 Å². The Bertz CT molecular complexity index is 389. The molecule has 1 aromatic heterocycles. The van der Waals surface area contributed by atoms with Gasteiger partial charge in [0.25, 0.3) is 5.91 Å². The zero-order chi connectivity index (χ0) is 12.7. The van der Waals surface area contributed by atoms with E-state index in [1.54, 1.807) is 0 Å². The number of hydrogen-bond acceptors (Lipinski definition) is 5. The van der Waals surface area contributed by atoms with Crippen molar-refractivity contribution in [1.82, 2.24) is 20.5 Å². The maximum absolute atomic E-state index is 11.5. The quantitative estimate of drug-likeness (QED) is 0.541. The minimum atomic E-state index is -0.342. The number of amides is 1. The third-order valence-electron chi connectivity index (χ3n) is 2.14. The molecule has 94 valence electrons. The third kappa shape index (κ3) is 4.21. The number of aryl methyl sites for hydroxylation is 1. The van der Waals surface area contributed by atoms with Crippen molar-refractivity contribution in [2.75, 3.05) is 13.7 Å². The van der Waals surface area contributed by atoms with Crippen LogP contribution in [0.3, 0.4) is 0 Å². The largest absolute Gasteiger partial charge is 0.469 e. The van der Waals surface area contributed by atoms with E-state index in [0.717, 1.165) is 0 Å². The summed E-state index contributed by atoms with van der Waals surface area (Å²) in [6.07, 6.45) is 1.51. The number of hydrogen-bond donors (Lipinski definition) is 2. The molecule has 0 bridgehead atoms. The fourth-order valence-electron chi connectivity index (χ4n) is 1.17. The number of nitrogens with zero attached hydrogens (tertiary/aromatic N) is 2. The zero-order valence-corrected chi connectivity index (χ0v) is 9.95. The van der Waals surface area contributed by atoms with E-state index in [9.17, 15) is 9.59 Å². The van der Waals surface area contributed by atoms with E-state index in [-0.39, 0.29) is 24.1 Å². The van der Waals surface area contributed by atoms with Gasteiger partial charge in [-0.3, -0.25) is 14.7 Å². The lowest BCUT2D eigenvalue weighted by Gasteiger charge is -2.01. The lowest BCUT2D eigenvalue weighted by molar-refractivity contribution is -0.140. The summed E-state index contributed by atoms with van der Waals surface area (Å²) in [6, 6.07) is 0. The standard InChI is InChI=1S/C10H16N4O3/c1-3-7-12-9(14-13-7)10(16)11-6-4-5-8(15)17-2/h3-6H2,1-2H3,(H,11,16)(H,12,13,14). The van der Waals surface area contributed by atoms with E-state index in [2.05, 4.69) is 25.2 Å². The SMILES string of the molecule is CCc1nc(C(=O)NCCCC(=O)OC)n[nH]1. The van der Waals surface area contributed by atoms with Crippen LogP contribution in [0.1, 0.15) is 36.2 Å². The topological polar surface area (TPSA) is 97.0 Å². The Balaban J connectivity index is 2.27. The molecule has 0 saturated heterocycles. The lowest BCUT2D eigenvalue weighted by atomic mass is 10.3. The second-order valence-electron chi connectivity index (χ2n) is 3.39. The highest BCUT2D eigenvalue weighted by Crippen LogP contribution is 1.94. The Kier molecular flexibility index (Phi) is 5.12. The van der Waals surface area contributed by atoms with Gasteiger partial charge in [-0.2, -0.15) is 0 Å². The first kappa shape index (κ1) is 13.1. The number of H-pyrrole nitrogens is 1. The predicted molar refractivity (Wildman–Crippen MR) is 59.3 cm³/mol. The lowest BCUT2D eigenvalue weighted by Crippen LogP contribution is -2.26. The first-order valence-corrected chi connectivity index (χ1v) is 5.43. The summed E-state index contributed by atoms with van der Waals surface area (Å²) < 4.78 is 4.48. The fraction of sp³-hybridized carbons (Fsp3) is 0.600. The minimum absolute atomic E-state index is 0.125. The van der Waals surface area contributed by atoms with Crippen molar-refractivity contribution in [3.8, 4) is 0 Å². The number of aromatic nitrogens is 3. The second kappa shape index (κ2) is 6.62. The first-order valence-electron chi connectivity index (χ1n) is 5.43. The minimum Gasteiger partial charge on any atom is -0.469 e. The number of nitrogens with one attached hydrogen (secondary N) is 2. The molecule has 17 heavy (non-hydrogen) atoms. The van der Waals surface area contributed by atoms with Crippen LogP contribution in [0, 0.1) is 0 Å². The van der Waals surface area contributed by atoms with Crippen molar-refractivity contribution < 1.29 is 14.3 Å². The Hall–Kier alpha value is -1.92. The average molecular weight is 240 g/mol. The van der Waals surface area contributed by atoms with Gasteiger partial charge in [0.15, 0.2) is 0 Å². The van der Waals surface area contributed by atoms with E-state index in [1.807, 2.05) is 6.92 Å². The van der Waals surface area contributed by atoms with Crippen LogP contribution < -0.4 is 5.32 Å². The molecule has 1 heterocycles. The number of carbonyl (C=O) groups is 2. The van der Waals surface area contributed by atoms with Gasteiger partial charge in [-0.25, -0.2) is 4.98 Å². The smallest absolute Gasteiger partial charge is 0.305 e. The molecule has 0 unspecified atom stereocenters. The first-order chi connectivity index (χ1) is 8.17. The number of aromatic amines is 1. The monoisotopic (exact) mass is 240 g/mol. The molecule has 0 atom stereocenters. The number of ether oxygens (including phenoxy) is 1. The summed E-state index contributed by atoms with van der Waals surface area (Å²) in [6.45, 7) is 2.31. The molecule has 0 spiro atoms. The van der Waals surface area contributed by atoms with E-state index >= 15 is 0 Å². The highest BCUT2D eigenvalue weighted by molar-refractivity contribution is 5.90. The number of methoxy groups -OCH3 is 1. The maximum atomic E-state index is 11.5. The van der Waals surface area contributed by atoms with Gasteiger partial charge < -0.3 is 10.1 Å². The molecule has 2 N–H and O–H groups in total. The molecule has 7 nitrogen and oxygen atoms in total. The molecule has 0 aliphatic heterocycles. The molecule has 7 heteroatoms. The summed E-state index contributed by atoms with van der Waals surface area (Å²) in [5.41, 5.74) is 0. The third-order valence-corrected chi connectivity index (χ3v) is 2.14. The molecule has 0 saturated carbocycles. The summed E-state index contributed by atoms with van der Waals surface area (Å²) >= 11 is 0. The molecule has 1 amide bonds. The zero-order valence-electron chi connectivity index (χ0n) is 9.95. The van der Waals surface area contributed by atoms with Crippen molar-refractivity contribution in [3.63, 3.8) is 0 Å². The van der Waals surface area contributed by atoms with Crippen LogP contribution in [-0.4, -0.2) is 40.7 Å². The highest BCUT2D eigenvalue weighted by Gasteiger charge is 2.11. The van der Waals surface area contributed by atoms with E-state index in [1.165, 1.54) is 7.11 Å². The number of esters is 1. The van der Waals surface area contributed by atoms with Gasteiger partial charge in [0.2, 0.25) is 5.82 Å². The number of carbonyl (C=O) groups excluding carboxylic acids is 2. The van der Waals surface area contributed by atoms with Crippen LogP contribution in [0.25, 0.3) is 0 Å². The Morgan fingerprint density at radius 2 is 2.24 bits per heavy atom. The Morgan fingerprint density at radius 3 is 2.82 bits per heavy atom. The molecular formula is C10H16N4O3. The molecule has 0 aromatic carbocycles. The molecule has 0 radical (unpaired) electrons. The van der Waals surface area contributed by atoms with Crippen LogP contribution in [0.4, 0.5) is 0 Å². The summed E-state index contributed by atoms with van der Waals surface area (Å²) in [5, 5.41) is 9.06. The molecule has 0 aliphatic rings. The van der Waals surface area contributed by atoms with Crippen molar-refractivity contribution in [3.05, 3.63) is 11.6 Å². The normalized spacial score (nSPS) is 10.0. The van der Waals surface area contributed by atoms with Crippen LogP contribution >= 0.6 is 0 Å². The van der Waals surface area contributed by atoms with Crippen molar-refractivity contribution in [1.29, 1.82) is 0 Å². The summed E-state index contributed by atoms with van der Waals surface area (Å²) in [5.74, 6) is 0.167. The van der Waals surface area contributed by atoms with Gasteiger partial charge in [-0.1, -0.05) is 6.92 Å². The van der Waals surface area contributed by atoms with E-state index in [0.29, 0.717) is 25.2 Å². The average Bonchev–Trinajstić information content (AvgIpc) is 2.82. The van der Waals surface area contributed by atoms with Gasteiger partial charge in [-0.05, 0) is 6.42 Å². The summed E-state index contributed by atoms with van der Waals surface area (Å²) in [7, 11) is 1.33.